The Balaban J connectivity index is 2.31. The van der Waals surface area contributed by atoms with E-state index < -0.39 is 16.8 Å². The monoisotopic (exact) mass is 231 g/mol. The van der Waals surface area contributed by atoms with Crippen LogP contribution in [0.5, 0.6) is 0 Å². The van der Waals surface area contributed by atoms with Crippen molar-refractivity contribution in [3.05, 3.63) is 23.7 Å². The zero-order valence-electron chi connectivity index (χ0n) is 8.36. The second kappa shape index (κ2) is 5.67. The zero-order valence-corrected chi connectivity index (χ0v) is 9.17. The molecule has 1 atom stereocenters. The van der Waals surface area contributed by atoms with Crippen LogP contribution in [-0.4, -0.2) is 33.8 Å². The number of carbonyl (C=O) groups is 1. The molecule has 0 aliphatic rings. The van der Waals surface area contributed by atoms with E-state index in [4.69, 9.17) is 9.52 Å². The molecule has 0 saturated carbocycles. The summed E-state index contributed by atoms with van der Waals surface area (Å²) in [6, 6.07) is 1.47. The van der Waals surface area contributed by atoms with Crippen molar-refractivity contribution in [3.63, 3.8) is 0 Å². The Morgan fingerprint density at radius 1 is 1.67 bits per heavy atom. The van der Waals surface area contributed by atoms with E-state index in [-0.39, 0.29) is 5.56 Å². The molecule has 0 saturated heterocycles. The predicted molar refractivity (Wildman–Crippen MR) is 56.3 cm³/mol. The number of hydrogen-bond donors (Lipinski definition) is 2. The maximum Gasteiger partial charge on any atom is 0.338 e. The molecule has 1 aromatic heterocycles. The van der Waals surface area contributed by atoms with Gasteiger partial charge in [0.15, 0.2) is 0 Å². The smallest absolute Gasteiger partial charge is 0.338 e. The SMILES string of the molecule is CS(=O)CCNCc1cc(C(=O)O)co1. The quantitative estimate of drug-likeness (QED) is 0.695. The van der Waals surface area contributed by atoms with Crippen molar-refractivity contribution in [2.45, 2.75) is 6.54 Å². The van der Waals surface area contributed by atoms with E-state index in [9.17, 15) is 9.00 Å². The maximum atomic E-state index is 10.7. The summed E-state index contributed by atoms with van der Waals surface area (Å²) < 4.78 is 15.7. The summed E-state index contributed by atoms with van der Waals surface area (Å²) in [5, 5.41) is 11.6. The molecule has 0 aromatic carbocycles. The third kappa shape index (κ3) is 4.26. The second-order valence-electron chi connectivity index (χ2n) is 3.06. The highest BCUT2D eigenvalue weighted by Crippen LogP contribution is 2.06. The second-order valence-corrected chi connectivity index (χ2v) is 4.62. The summed E-state index contributed by atoms with van der Waals surface area (Å²) in [5.41, 5.74) is 0.144. The highest BCUT2D eigenvalue weighted by atomic mass is 32.2. The van der Waals surface area contributed by atoms with Gasteiger partial charge in [-0.05, 0) is 6.07 Å². The average molecular weight is 231 g/mol. The third-order valence-electron chi connectivity index (χ3n) is 1.77. The summed E-state index contributed by atoms with van der Waals surface area (Å²) in [6.45, 7) is 1.07. The van der Waals surface area contributed by atoms with E-state index in [0.717, 1.165) is 0 Å². The van der Waals surface area contributed by atoms with Crippen molar-refractivity contribution in [2.24, 2.45) is 0 Å². The van der Waals surface area contributed by atoms with E-state index in [1.807, 2.05) is 0 Å². The summed E-state index contributed by atoms with van der Waals surface area (Å²) in [6.07, 6.45) is 2.84. The molecule has 0 radical (unpaired) electrons. The first-order valence-corrected chi connectivity index (χ1v) is 6.14. The first-order valence-electron chi connectivity index (χ1n) is 4.41. The van der Waals surface area contributed by atoms with Gasteiger partial charge >= 0.3 is 5.97 Å². The van der Waals surface area contributed by atoms with Crippen molar-refractivity contribution in [1.82, 2.24) is 5.32 Å². The van der Waals surface area contributed by atoms with Gasteiger partial charge in [-0.1, -0.05) is 0 Å². The van der Waals surface area contributed by atoms with Crippen LogP contribution in [0.1, 0.15) is 16.1 Å². The molecule has 15 heavy (non-hydrogen) atoms. The van der Waals surface area contributed by atoms with Crippen molar-refractivity contribution in [3.8, 4) is 0 Å². The Hall–Kier alpha value is -1.14. The molecule has 1 rings (SSSR count). The molecule has 1 aromatic rings. The lowest BCUT2D eigenvalue weighted by Crippen LogP contribution is -2.19. The fourth-order valence-corrected chi connectivity index (χ4v) is 1.44. The van der Waals surface area contributed by atoms with Crippen LogP contribution in [-0.2, 0) is 17.3 Å². The number of nitrogens with one attached hydrogen (secondary N) is 1. The Labute approximate surface area is 89.9 Å². The Morgan fingerprint density at radius 2 is 2.40 bits per heavy atom. The lowest BCUT2D eigenvalue weighted by molar-refractivity contribution is 0.0696. The molecule has 2 N–H and O–H groups in total. The molecule has 0 bridgehead atoms. The van der Waals surface area contributed by atoms with E-state index in [1.54, 1.807) is 6.26 Å². The number of hydrogen-bond acceptors (Lipinski definition) is 4. The summed E-state index contributed by atoms with van der Waals surface area (Å²) in [4.78, 5) is 10.5. The number of furan rings is 1. The van der Waals surface area contributed by atoms with Crippen LogP contribution in [0.3, 0.4) is 0 Å². The molecule has 0 fully saturated rings. The highest BCUT2D eigenvalue weighted by Gasteiger charge is 2.07. The van der Waals surface area contributed by atoms with Gasteiger partial charge in [-0.15, -0.1) is 0 Å². The van der Waals surface area contributed by atoms with Gasteiger partial charge in [0.25, 0.3) is 0 Å². The summed E-state index contributed by atoms with van der Waals surface area (Å²) >= 11 is 0. The molecule has 1 heterocycles. The predicted octanol–water partition coefficient (Wildman–Crippen LogP) is 0.446. The fourth-order valence-electron chi connectivity index (χ4n) is 1.01. The number of aromatic carboxylic acids is 1. The van der Waals surface area contributed by atoms with Gasteiger partial charge in [0.1, 0.15) is 12.0 Å². The zero-order chi connectivity index (χ0) is 11.3. The van der Waals surface area contributed by atoms with Crippen LogP contribution in [0.2, 0.25) is 0 Å². The van der Waals surface area contributed by atoms with Crippen molar-refractivity contribution in [1.29, 1.82) is 0 Å². The van der Waals surface area contributed by atoms with Gasteiger partial charge in [0.05, 0.1) is 12.1 Å². The topological polar surface area (TPSA) is 79.5 Å². The van der Waals surface area contributed by atoms with E-state index >= 15 is 0 Å². The summed E-state index contributed by atoms with van der Waals surface area (Å²) in [7, 11) is -0.813. The third-order valence-corrected chi connectivity index (χ3v) is 2.55. The lowest BCUT2D eigenvalue weighted by Gasteiger charge is -1.99. The molecule has 84 valence electrons. The van der Waals surface area contributed by atoms with Crippen LogP contribution >= 0.6 is 0 Å². The summed E-state index contributed by atoms with van der Waals surface area (Å²) in [5.74, 6) is 0.140. The Bertz CT molecular complexity index is 361. The van der Waals surface area contributed by atoms with Crippen LogP contribution in [0.15, 0.2) is 16.7 Å². The molecule has 0 spiro atoms. The minimum Gasteiger partial charge on any atom is -0.478 e. The molecular weight excluding hydrogens is 218 g/mol. The van der Waals surface area contributed by atoms with Gasteiger partial charge in [-0.2, -0.15) is 0 Å². The fraction of sp³-hybridized carbons (Fsp3) is 0.444. The molecule has 6 heteroatoms. The van der Waals surface area contributed by atoms with Gasteiger partial charge in [-0.3, -0.25) is 4.21 Å². The lowest BCUT2D eigenvalue weighted by atomic mass is 10.3. The van der Waals surface area contributed by atoms with Crippen LogP contribution < -0.4 is 5.32 Å². The minimum absolute atomic E-state index is 0.144. The molecule has 1 unspecified atom stereocenters. The molecular formula is C9H13NO4S. The largest absolute Gasteiger partial charge is 0.478 e. The number of carboxylic acids is 1. The first kappa shape index (κ1) is 11.9. The Kier molecular flexibility index (Phi) is 4.51. The van der Waals surface area contributed by atoms with Crippen molar-refractivity contribution >= 4 is 16.8 Å². The van der Waals surface area contributed by atoms with Crippen molar-refractivity contribution < 1.29 is 18.5 Å². The first-order chi connectivity index (χ1) is 7.09. The van der Waals surface area contributed by atoms with Gasteiger partial charge in [-0.25, -0.2) is 4.79 Å². The number of rotatable bonds is 6. The van der Waals surface area contributed by atoms with Gasteiger partial charge in [0, 0.05) is 29.4 Å². The molecule has 0 aliphatic carbocycles. The van der Waals surface area contributed by atoms with Gasteiger partial charge in [0.2, 0.25) is 0 Å². The van der Waals surface area contributed by atoms with Crippen LogP contribution in [0.25, 0.3) is 0 Å². The van der Waals surface area contributed by atoms with Gasteiger partial charge < -0.3 is 14.8 Å². The normalized spacial score (nSPS) is 12.6. The Morgan fingerprint density at radius 3 is 2.93 bits per heavy atom. The standard InChI is InChI=1S/C9H13NO4S/c1-15(13)3-2-10-5-8-4-7(6-14-8)9(11)12/h4,6,10H,2-3,5H2,1H3,(H,11,12). The van der Waals surface area contributed by atoms with E-state index in [2.05, 4.69) is 5.32 Å². The van der Waals surface area contributed by atoms with Crippen molar-refractivity contribution in [2.75, 3.05) is 18.6 Å². The average Bonchev–Trinajstić information content (AvgIpc) is 2.60. The van der Waals surface area contributed by atoms with E-state index in [1.165, 1.54) is 12.3 Å². The van der Waals surface area contributed by atoms with E-state index in [0.29, 0.717) is 24.6 Å². The molecule has 5 nitrogen and oxygen atoms in total. The maximum absolute atomic E-state index is 10.7. The van der Waals surface area contributed by atoms with Crippen LogP contribution in [0.4, 0.5) is 0 Å². The minimum atomic E-state index is -1.00. The molecule has 0 aliphatic heterocycles. The molecule has 0 amide bonds. The highest BCUT2D eigenvalue weighted by molar-refractivity contribution is 7.84. The van der Waals surface area contributed by atoms with Crippen LogP contribution in [0, 0.1) is 0 Å². The number of carboxylic acid groups (broad SMARTS) is 1.